The fraction of sp³-hybridized carbons (Fsp3) is 0.700. The minimum atomic E-state index is 0.289. The first-order valence-corrected chi connectivity index (χ1v) is 4.89. The molecule has 0 saturated carbocycles. The van der Waals surface area contributed by atoms with Gasteiger partial charge in [-0.1, -0.05) is 27.2 Å². The Morgan fingerprint density at radius 2 is 2.23 bits per heavy atom. The molecule has 74 valence electrons. The second-order valence-corrected chi connectivity index (χ2v) is 3.82. The second kappa shape index (κ2) is 4.30. The maximum absolute atomic E-state index is 9.51. The van der Waals surface area contributed by atoms with Crippen LogP contribution >= 0.6 is 0 Å². The summed E-state index contributed by atoms with van der Waals surface area (Å²) < 4.78 is 1.68. The summed E-state index contributed by atoms with van der Waals surface area (Å²) in [7, 11) is 0. The Morgan fingerprint density at radius 3 is 2.77 bits per heavy atom. The topological polar surface area (TPSA) is 38.0 Å². The number of nitrogens with zero attached hydrogens (tertiary/aromatic N) is 2. The van der Waals surface area contributed by atoms with E-state index in [1.54, 1.807) is 10.7 Å². The molecule has 1 aromatic heterocycles. The number of hydrogen-bond acceptors (Lipinski definition) is 2. The van der Waals surface area contributed by atoms with Crippen LogP contribution in [0.25, 0.3) is 0 Å². The standard InChI is InChI=1S/C10H18N2O/c1-4-5-9-6-10(13)12(11-9)7-8(2)3/h6,8,13H,4-5,7H2,1-3H3. The van der Waals surface area contributed by atoms with Gasteiger partial charge in [-0.2, -0.15) is 5.10 Å². The molecule has 0 amide bonds. The second-order valence-electron chi connectivity index (χ2n) is 3.82. The fourth-order valence-electron chi connectivity index (χ4n) is 1.32. The van der Waals surface area contributed by atoms with E-state index in [0.717, 1.165) is 25.1 Å². The quantitative estimate of drug-likeness (QED) is 0.775. The molecular weight excluding hydrogens is 164 g/mol. The van der Waals surface area contributed by atoms with E-state index in [0.29, 0.717) is 5.92 Å². The molecule has 1 aromatic rings. The van der Waals surface area contributed by atoms with Gasteiger partial charge < -0.3 is 5.11 Å². The average molecular weight is 182 g/mol. The largest absolute Gasteiger partial charge is 0.493 e. The zero-order valence-electron chi connectivity index (χ0n) is 8.62. The minimum absolute atomic E-state index is 0.289. The van der Waals surface area contributed by atoms with Gasteiger partial charge in [-0.25, -0.2) is 4.68 Å². The van der Waals surface area contributed by atoms with Crippen molar-refractivity contribution in [1.82, 2.24) is 9.78 Å². The van der Waals surface area contributed by atoms with Crippen molar-refractivity contribution in [2.45, 2.75) is 40.2 Å². The first kappa shape index (κ1) is 10.1. The molecule has 0 aliphatic rings. The Balaban J connectivity index is 2.71. The first-order valence-electron chi connectivity index (χ1n) is 4.89. The van der Waals surface area contributed by atoms with Gasteiger partial charge in [-0.15, -0.1) is 0 Å². The summed E-state index contributed by atoms with van der Waals surface area (Å²) in [6.45, 7) is 7.12. The molecule has 3 nitrogen and oxygen atoms in total. The van der Waals surface area contributed by atoms with E-state index in [1.165, 1.54) is 0 Å². The maximum atomic E-state index is 9.51. The fourth-order valence-corrected chi connectivity index (χ4v) is 1.32. The zero-order valence-corrected chi connectivity index (χ0v) is 8.62. The van der Waals surface area contributed by atoms with Crippen LogP contribution in [0.15, 0.2) is 6.07 Å². The lowest BCUT2D eigenvalue weighted by atomic mass is 10.2. The van der Waals surface area contributed by atoms with Gasteiger partial charge in [0.2, 0.25) is 5.88 Å². The van der Waals surface area contributed by atoms with Gasteiger partial charge in [0.1, 0.15) is 0 Å². The van der Waals surface area contributed by atoms with Crippen molar-refractivity contribution in [2.24, 2.45) is 5.92 Å². The van der Waals surface area contributed by atoms with Crippen molar-refractivity contribution in [2.75, 3.05) is 0 Å². The lowest BCUT2D eigenvalue weighted by Gasteiger charge is -2.05. The van der Waals surface area contributed by atoms with Gasteiger partial charge in [0, 0.05) is 12.6 Å². The molecule has 0 aliphatic heterocycles. The van der Waals surface area contributed by atoms with Gasteiger partial charge in [0.15, 0.2) is 0 Å². The van der Waals surface area contributed by atoms with Crippen molar-refractivity contribution in [3.05, 3.63) is 11.8 Å². The maximum Gasteiger partial charge on any atom is 0.209 e. The predicted molar refractivity (Wildman–Crippen MR) is 52.7 cm³/mol. The SMILES string of the molecule is CCCc1cc(O)n(CC(C)C)n1. The van der Waals surface area contributed by atoms with Crippen LogP contribution < -0.4 is 0 Å². The van der Waals surface area contributed by atoms with Gasteiger partial charge in [-0.3, -0.25) is 0 Å². The molecule has 13 heavy (non-hydrogen) atoms. The van der Waals surface area contributed by atoms with Crippen LogP contribution in [0.4, 0.5) is 0 Å². The van der Waals surface area contributed by atoms with Crippen LogP contribution in [0.3, 0.4) is 0 Å². The van der Waals surface area contributed by atoms with Gasteiger partial charge in [-0.05, 0) is 12.3 Å². The molecule has 0 radical (unpaired) electrons. The predicted octanol–water partition coefficient (Wildman–Crippen LogP) is 2.20. The molecule has 0 bridgehead atoms. The molecule has 0 fully saturated rings. The molecule has 0 spiro atoms. The summed E-state index contributed by atoms with van der Waals surface area (Å²) in [5.41, 5.74) is 0.987. The Kier molecular flexibility index (Phi) is 3.34. The van der Waals surface area contributed by atoms with Crippen molar-refractivity contribution in [3.8, 4) is 5.88 Å². The summed E-state index contributed by atoms with van der Waals surface area (Å²) in [4.78, 5) is 0. The molecule has 3 heteroatoms. The van der Waals surface area contributed by atoms with Crippen LogP contribution in [0, 0.1) is 5.92 Å². The van der Waals surface area contributed by atoms with Crippen LogP contribution in [0.5, 0.6) is 5.88 Å². The highest BCUT2D eigenvalue weighted by molar-refractivity contribution is 5.14. The number of aryl methyl sites for hydroxylation is 1. The van der Waals surface area contributed by atoms with Crippen LogP contribution in [-0.4, -0.2) is 14.9 Å². The monoisotopic (exact) mass is 182 g/mol. The summed E-state index contributed by atoms with van der Waals surface area (Å²) in [6, 6.07) is 1.76. The number of aromatic nitrogens is 2. The third-order valence-electron chi connectivity index (χ3n) is 1.85. The Morgan fingerprint density at radius 1 is 1.54 bits per heavy atom. The lowest BCUT2D eigenvalue weighted by molar-refractivity contribution is 0.371. The highest BCUT2D eigenvalue weighted by Crippen LogP contribution is 2.14. The summed E-state index contributed by atoms with van der Waals surface area (Å²) in [6.07, 6.45) is 2.01. The summed E-state index contributed by atoms with van der Waals surface area (Å²) >= 11 is 0. The van der Waals surface area contributed by atoms with E-state index in [9.17, 15) is 5.11 Å². The molecule has 1 heterocycles. The van der Waals surface area contributed by atoms with Gasteiger partial charge >= 0.3 is 0 Å². The van der Waals surface area contributed by atoms with Crippen LogP contribution in [0.2, 0.25) is 0 Å². The molecule has 0 atom stereocenters. The molecule has 1 rings (SSSR count). The van der Waals surface area contributed by atoms with E-state index >= 15 is 0 Å². The first-order chi connectivity index (χ1) is 6.13. The Hall–Kier alpha value is -0.990. The molecular formula is C10H18N2O. The van der Waals surface area contributed by atoms with Crippen molar-refractivity contribution < 1.29 is 5.11 Å². The van der Waals surface area contributed by atoms with Crippen LogP contribution in [0.1, 0.15) is 32.9 Å². The highest BCUT2D eigenvalue weighted by atomic mass is 16.3. The van der Waals surface area contributed by atoms with E-state index in [-0.39, 0.29) is 5.88 Å². The molecule has 1 N–H and O–H groups in total. The average Bonchev–Trinajstić information content (AvgIpc) is 2.31. The van der Waals surface area contributed by atoms with Crippen molar-refractivity contribution in [3.63, 3.8) is 0 Å². The normalized spacial score (nSPS) is 11.1. The van der Waals surface area contributed by atoms with E-state index < -0.39 is 0 Å². The summed E-state index contributed by atoms with van der Waals surface area (Å²) in [5, 5.41) is 13.8. The molecule has 0 aliphatic carbocycles. The van der Waals surface area contributed by atoms with Crippen molar-refractivity contribution >= 4 is 0 Å². The molecule has 0 saturated heterocycles. The lowest BCUT2D eigenvalue weighted by Crippen LogP contribution is -2.05. The van der Waals surface area contributed by atoms with Crippen molar-refractivity contribution in [1.29, 1.82) is 0 Å². The molecule has 0 aromatic carbocycles. The summed E-state index contributed by atoms with van der Waals surface area (Å²) in [5.74, 6) is 0.803. The number of hydrogen-bond donors (Lipinski definition) is 1. The third kappa shape index (κ3) is 2.76. The van der Waals surface area contributed by atoms with E-state index in [4.69, 9.17) is 0 Å². The number of aromatic hydroxyl groups is 1. The molecule has 0 unspecified atom stereocenters. The Labute approximate surface area is 79.4 Å². The van der Waals surface area contributed by atoms with E-state index in [1.807, 2.05) is 0 Å². The smallest absolute Gasteiger partial charge is 0.209 e. The van der Waals surface area contributed by atoms with E-state index in [2.05, 4.69) is 25.9 Å². The third-order valence-corrected chi connectivity index (χ3v) is 1.85. The van der Waals surface area contributed by atoms with Crippen LogP contribution in [-0.2, 0) is 13.0 Å². The van der Waals surface area contributed by atoms with Gasteiger partial charge in [0.05, 0.1) is 5.69 Å². The van der Waals surface area contributed by atoms with Gasteiger partial charge in [0.25, 0.3) is 0 Å². The zero-order chi connectivity index (χ0) is 9.84. The number of rotatable bonds is 4. The Bertz CT molecular complexity index is 266. The highest BCUT2D eigenvalue weighted by Gasteiger charge is 2.06. The minimum Gasteiger partial charge on any atom is -0.493 e.